The van der Waals surface area contributed by atoms with E-state index in [0.29, 0.717) is 10.0 Å². The molecule has 1 nitrogen and oxygen atoms in total. The molecule has 3 heteroatoms. The second-order valence-electron chi connectivity index (χ2n) is 2.57. The van der Waals surface area contributed by atoms with Gasteiger partial charge >= 0.3 is 0 Å². The topological polar surface area (TPSA) is 27.6 Å². The van der Waals surface area contributed by atoms with E-state index in [0.717, 1.165) is 5.56 Å². The van der Waals surface area contributed by atoms with Crippen molar-refractivity contribution < 1.29 is 5.73 Å². The van der Waals surface area contributed by atoms with E-state index in [9.17, 15) is 0 Å². The fraction of sp³-hybridized carbons (Fsp3) is 0.250. The van der Waals surface area contributed by atoms with E-state index in [1.165, 1.54) is 0 Å². The zero-order valence-electron chi connectivity index (χ0n) is 6.27. The van der Waals surface area contributed by atoms with Crippen LogP contribution < -0.4 is 5.73 Å². The Balaban J connectivity index is 3.09. The summed E-state index contributed by atoms with van der Waals surface area (Å²) in [5.74, 6) is 0. The Morgan fingerprint density at radius 2 is 2.00 bits per heavy atom. The van der Waals surface area contributed by atoms with Gasteiger partial charge in [-0.2, -0.15) is 0 Å². The van der Waals surface area contributed by atoms with Crippen molar-refractivity contribution in [3.05, 3.63) is 33.8 Å². The Labute approximate surface area is 76.1 Å². The van der Waals surface area contributed by atoms with Crippen molar-refractivity contribution >= 4 is 23.2 Å². The molecule has 0 saturated carbocycles. The first-order valence-electron chi connectivity index (χ1n) is 3.39. The van der Waals surface area contributed by atoms with Crippen LogP contribution in [0.5, 0.6) is 0 Å². The molecule has 60 valence electrons. The summed E-state index contributed by atoms with van der Waals surface area (Å²) in [5, 5.41) is 1.36. The maximum atomic E-state index is 5.90. The van der Waals surface area contributed by atoms with E-state index in [2.05, 4.69) is 5.73 Å². The zero-order chi connectivity index (χ0) is 8.43. The SMILES string of the molecule is C[C@@H]([NH3+])c1ccc(Cl)cc1Cl. The molecule has 0 bridgehead atoms. The van der Waals surface area contributed by atoms with Gasteiger partial charge in [0.1, 0.15) is 6.04 Å². The van der Waals surface area contributed by atoms with Crippen LogP contribution in [0.2, 0.25) is 10.0 Å². The van der Waals surface area contributed by atoms with Crippen LogP contribution >= 0.6 is 23.2 Å². The number of benzene rings is 1. The molecule has 0 aliphatic heterocycles. The Bertz CT molecular complexity index is 258. The molecule has 0 amide bonds. The van der Waals surface area contributed by atoms with Crippen molar-refractivity contribution in [3.63, 3.8) is 0 Å². The highest BCUT2D eigenvalue weighted by atomic mass is 35.5. The lowest BCUT2D eigenvalue weighted by Gasteiger charge is -2.04. The van der Waals surface area contributed by atoms with Gasteiger partial charge in [0, 0.05) is 10.6 Å². The number of hydrogen-bond donors (Lipinski definition) is 1. The molecule has 0 aromatic heterocycles. The summed E-state index contributed by atoms with van der Waals surface area (Å²) in [6.07, 6.45) is 0. The Morgan fingerprint density at radius 3 is 2.45 bits per heavy atom. The summed E-state index contributed by atoms with van der Waals surface area (Å²) in [5.41, 5.74) is 4.91. The maximum absolute atomic E-state index is 5.90. The molecule has 0 radical (unpaired) electrons. The molecular weight excluding hydrogens is 181 g/mol. The summed E-state index contributed by atoms with van der Waals surface area (Å²) in [7, 11) is 0. The first-order valence-corrected chi connectivity index (χ1v) is 4.15. The zero-order valence-corrected chi connectivity index (χ0v) is 7.78. The Hall–Kier alpha value is -0.240. The van der Waals surface area contributed by atoms with Crippen LogP contribution in [0, 0.1) is 0 Å². The third-order valence-electron chi connectivity index (χ3n) is 1.49. The Morgan fingerprint density at radius 1 is 1.36 bits per heavy atom. The van der Waals surface area contributed by atoms with E-state index in [-0.39, 0.29) is 6.04 Å². The second-order valence-corrected chi connectivity index (χ2v) is 3.41. The largest absolute Gasteiger partial charge is 0.352 e. The van der Waals surface area contributed by atoms with Crippen LogP contribution in [0.15, 0.2) is 18.2 Å². The van der Waals surface area contributed by atoms with Gasteiger partial charge in [-0.15, -0.1) is 0 Å². The molecule has 0 spiro atoms. The van der Waals surface area contributed by atoms with E-state index in [4.69, 9.17) is 23.2 Å². The first-order chi connectivity index (χ1) is 5.11. The molecule has 0 heterocycles. The minimum absolute atomic E-state index is 0.208. The second kappa shape index (κ2) is 3.44. The van der Waals surface area contributed by atoms with Crippen LogP contribution in [-0.2, 0) is 0 Å². The lowest BCUT2D eigenvalue weighted by Crippen LogP contribution is -2.51. The van der Waals surface area contributed by atoms with Gasteiger partial charge in [0.25, 0.3) is 0 Å². The standard InChI is InChI=1S/C8H9Cl2N/c1-5(11)7-3-2-6(9)4-8(7)10/h2-5H,11H2,1H3/p+1/t5-/m1/s1. The maximum Gasteiger partial charge on any atom is 0.109 e. The summed E-state index contributed by atoms with van der Waals surface area (Å²) < 4.78 is 0. The normalized spacial score (nSPS) is 13.1. The van der Waals surface area contributed by atoms with Crippen molar-refractivity contribution in [2.45, 2.75) is 13.0 Å². The molecule has 1 atom stereocenters. The molecular formula is C8H10Cl2N+. The number of hydrogen-bond acceptors (Lipinski definition) is 0. The van der Waals surface area contributed by atoms with Crippen LogP contribution in [0.3, 0.4) is 0 Å². The summed E-state index contributed by atoms with van der Waals surface area (Å²) in [6, 6.07) is 5.67. The van der Waals surface area contributed by atoms with Crippen molar-refractivity contribution in [1.82, 2.24) is 0 Å². The minimum Gasteiger partial charge on any atom is -0.352 e. The van der Waals surface area contributed by atoms with Crippen molar-refractivity contribution in [1.29, 1.82) is 0 Å². The molecule has 1 aromatic carbocycles. The lowest BCUT2D eigenvalue weighted by atomic mass is 10.1. The van der Waals surface area contributed by atoms with Crippen LogP contribution in [-0.4, -0.2) is 0 Å². The smallest absolute Gasteiger partial charge is 0.109 e. The highest BCUT2D eigenvalue weighted by Gasteiger charge is 2.07. The molecule has 3 N–H and O–H groups in total. The number of halogens is 2. The molecule has 1 aromatic rings. The van der Waals surface area contributed by atoms with Gasteiger partial charge in [-0.05, 0) is 19.1 Å². The highest BCUT2D eigenvalue weighted by Crippen LogP contribution is 2.23. The average Bonchev–Trinajstić information content (AvgIpc) is 1.85. The fourth-order valence-corrected chi connectivity index (χ4v) is 1.50. The molecule has 0 aliphatic carbocycles. The van der Waals surface area contributed by atoms with E-state index < -0.39 is 0 Å². The Kier molecular flexibility index (Phi) is 2.77. The fourth-order valence-electron chi connectivity index (χ4n) is 0.901. The third kappa shape index (κ3) is 2.09. The monoisotopic (exact) mass is 190 g/mol. The quantitative estimate of drug-likeness (QED) is 0.705. The summed E-state index contributed by atoms with van der Waals surface area (Å²) >= 11 is 11.6. The van der Waals surface area contributed by atoms with Gasteiger partial charge in [0.15, 0.2) is 0 Å². The highest BCUT2D eigenvalue weighted by molar-refractivity contribution is 6.35. The van der Waals surface area contributed by atoms with Crippen molar-refractivity contribution in [3.8, 4) is 0 Å². The van der Waals surface area contributed by atoms with Gasteiger partial charge < -0.3 is 5.73 Å². The van der Waals surface area contributed by atoms with Crippen molar-refractivity contribution in [2.24, 2.45) is 0 Å². The van der Waals surface area contributed by atoms with E-state index >= 15 is 0 Å². The molecule has 0 fully saturated rings. The van der Waals surface area contributed by atoms with Gasteiger partial charge in [0.05, 0.1) is 5.02 Å². The predicted octanol–water partition coefficient (Wildman–Crippen LogP) is 2.30. The predicted molar refractivity (Wildman–Crippen MR) is 47.8 cm³/mol. The van der Waals surface area contributed by atoms with Crippen molar-refractivity contribution in [2.75, 3.05) is 0 Å². The molecule has 11 heavy (non-hydrogen) atoms. The molecule has 0 saturated heterocycles. The van der Waals surface area contributed by atoms with Gasteiger partial charge in [-0.3, -0.25) is 0 Å². The van der Waals surface area contributed by atoms with Gasteiger partial charge in [-0.1, -0.05) is 29.3 Å². The first kappa shape index (κ1) is 8.85. The van der Waals surface area contributed by atoms with Crippen LogP contribution in [0.1, 0.15) is 18.5 Å². The average molecular weight is 191 g/mol. The van der Waals surface area contributed by atoms with Gasteiger partial charge in [-0.25, -0.2) is 0 Å². The van der Waals surface area contributed by atoms with Crippen LogP contribution in [0.25, 0.3) is 0 Å². The lowest BCUT2D eigenvalue weighted by molar-refractivity contribution is -0.420. The van der Waals surface area contributed by atoms with Crippen LogP contribution in [0.4, 0.5) is 0 Å². The molecule has 0 unspecified atom stereocenters. The van der Waals surface area contributed by atoms with Gasteiger partial charge in [0.2, 0.25) is 0 Å². The minimum atomic E-state index is 0.208. The number of rotatable bonds is 1. The summed E-state index contributed by atoms with van der Waals surface area (Å²) in [4.78, 5) is 0. The third-order valence-corrected chi connectivity index (χ3v) is 2.06. The van der Waals surface area contributed by atoms with E-state index in [1.54, 1.807) is 6.07 Å². The summed E-state index contributed by atoms with van der Waals surface area (Å²) in [6.45, 7) is 2.00. The molecule has 0 aliphatic rings. The molecule has 1 rings (SSSR count). The van der Waals surface area contributed by atoms with E-state index in [1.807, 2.05) is 19.1 Å². The number of quaternary nitrogens is 1.